The van der Waals surface area contributed by atoms with Gasteiger partial charge in [0.25, 0.3) is 0 Å². The highest BCUT2D eigenvalue weighted by atomic mass is 16.5. The largest absolute Gasteiger partial charge is 0.465 e. The van der Waals surface area contributed by atoms with Crippen LogP contribution in [0.5, 0.6) is 0 Å². The number of hydrogen-bond donors (Lipinski definition) is 1. The van der Waals surface area contributed by atoms with E-state index in [1.54, 1.807) is 24.3 Å². The Morgan fingerprint density at radius 2 is 1.96 bits per heavy atom. The minimum atomic E-state index is -0.508. The van der Waals surface area contributed by atoms with Gasteiger partial charge in [0.15, 0.2) is 0 Å². The molecule has 0 aliphatic carbocycles. The van der Waals surface area contributed by atoms with Crippen LogP contribution in [0.1, 0.15) is 21.9 Å². The molecule has 1 aromatic carbocycles. The van der Waals surface area contributed by atoms with Gasteiger partial charge in [0.2, 0.25) is 5.91 Å². The van der Waals surface area contributed by atoms with E-state index < -0.39 is 5.97 Å². The van der Waals surface area contributed by atoms with Crippen molar-refractivity contribution in [2.24, 2.45) is 0 Å². The Labute approximate surface area is 157 Å². The quantitative estimate of drug-likeness (QED) is 0.644. The third-order valence-electron chi connectivity index (χ3n) is 4.20. The third-order valence-corrected chi connectivity index (χ3v) is 4.20. The van der Waals surface area contributed by atoms with E-state index in [1.165, 1.54) is 13.2 Å². The second-order valence-corrected chi connectivity index (χ2v) is 6.09. The Hall–Kier alpha value is -3.06. The van der Waals surface area contributed by atoms with Crippen molar-refractivity contribution in [3.63, 3.8) is 0 Å². The Kier molecular flexibility index (Phi) is 5.93. The molecule has 3 rings (SSSR count). The van der Waals surface area contributed by atoms with Crippen molar-refractivity contribution in [2.75, 3.05) is 43.6 Å². The van der Waals surface area contributed by atoms with Crippen molar-refractivity contribution in [3.05, 3.63) is 53.5 Å². The van der Waals surface area contributed by atoms with Crippen molar-refractivity contribution >= 4 is 29.3 Å². The predicted octanol–water partition coefficient (Wildman–Crippen LogP) is 2.86. The Morgan fingerprint density at radius 1 is 1.19 bits per heavy atom. The number of esters is 1. The number of morpholine rings is 1. The van der Waals surface area contributed by atoms with Crippen LogP contribution in [-0.4, -0.2) is 45.3 Å². The minimum absolute atomic E-state index is 0.303. The fourth-order valence-corrected chi connectivity index (χ4v) is 2.81. The molecule has 1 amide bonds. The number of methoxy groups -OCH3 is 1. The molecule has 1 saturated heterocycles. The van der Waals surface area contributed by atoms with Gasteiger partial charge < -0.3 is 24.1 Å². The van der Waals surface area contributed by atoms with Gasteiger partial charge in [-0.3, -0.25) is 4.79 Å². The molecular formula is C20H22N2O5. The summed E-state index contributed by atoms with van der Waals surface area (Å²) in [4.78, 5) is 26.5. The van der Waals surface area contributed by atoms with Gasteiger partial charge in [0, 0.05) is 24.9 Å². The van der Waals surface area contributed by atoms with Crippen LogP contribution in [0.4, 0.5) is 11.4 Å². The zero-order chi connectivity index (χ0) is 19.2. The van der Waals surface area contributed by atoms with Crippen LogP contribution in [0.25, 0.3) is 6.08 Å². The van der Waals surface area contributed by atoms with Gasteiger partial charge in [-0.15, -0.1) is 0 Å². The van der Waals surface area contributed by atoms with Crippen LogP contribution in [0.15, 0.2) is 40.8 Å². The molecule has 1 N–H and O–H groups in total. The fourth-order valence-electron chi connectivity index (χ4n) is 2.81. The summed E-state index contributed by atoms with van der Waals surface area (Å²) in [5.41, 5.74) is 1.58. The topological polar surface area (TPSA) is 81.0 Å². The molecule has 0 unspecified atom stereocenters. The number of carbonyl (C=O) groups excluding carboxylic acids is 2. The van der Waals surface area contributed by atoms with E-state index in [9.17, 15) is 9.59 Å². The molecule has 142 valence electrons. The Balaban J connectivity index is 1.77. The van der Waals surface area contributed by atoms with Gasteiger partial charge in [-0.05, 0) is 43.3 Å². The number of hydrogen-bond acceptors (Lipinski definition) is 6. The maximum Gasteiger partial charge on any atom is 0.340 e. The van der Waals surface area contributed by atoms with Gasteiger partial charge in [-0.2, -0.15) is 0 Å². The standard InChI is InChI=1S/C20H22N2O5/c1-14-3-5-16(27-14)6-8-19(23)21-18-7-4-15(13-17(18)20(24)25-2)22-9-11-26-12-10-22/h3-8,13H,9-12H2,1-2H3,(H,21,23)/b8-6+. The first-order valence-corrected chi connectivity index (χ1v) is 8.67. The lowest BCUT2D eigenvalue weighted by Gasteiger charge is -2.29. The zero-order valence-corrected chi connectivity index (χ0v) is 15.4. The first kappa shape index (κ1) is 18.7. The molecule has 2 aromatic rings. The van der Waals surface area contributed by atoms with Gasteiger partial charge in [-0.1, -0.05) is 0 Å². The number of nitrogens with zero attached hydrogens (tertiary/aromatic N) is 1. The summed E-state index contributed by atoms with van der Waals surface area (Å²) in [6.07, 6.45) is 2.93. The second kappa shape index (κ2) is 8.55. The number of aryl methyl sites for hydroxylation is 1. The van der Waals surface area contributed by atoms with Crippen molar-refractivity contribution in [3.8, 4) is 0 Å². The molecule has 0 atom stereocenters. The summed E-state index contributed by atoms with van der Waals surface area (Å²) < 4.78 is 15.6. The molecule has 0 saturated carbocycles. The van der Waals surface area contributed by atoms with Crippen molar-refractivity contribution in [1.82, 2.24) is 0 Å². The summed E-state index contributed by atoms with van der Waals surface area (Å²) in [6, 6.07) is 8.90. The number of ether oxygens (including phenoxy) is 2. The summed E-state index contributed by atoms with van der Waals surface area (Å²) >= 11 is 0. The van der Waals surface area contributed by atoms with E-state index in [0.717, 1.165) is 24.5 Å². The average molecular weight is 370 g/mol. The van der Waals surface area contributed by atoms with Crippen LogP contribution in [0, 0.1) is 6.92 Å². The van der Waals surface area contributed by atoms with Crippen LogP contribution in [0.2, 0.25) is 0 Å². The molecule has 1 fully saturated rings. The average Bonchev–Trinajstić information content (AvgIpc) is 3.12. The number of carbonyl (C=O) groups is 2. The van der Waals surface area contributed by atoms with Gasteiger partial charge in [0.05, 0.1) is 31.6 Å². The first-order chi connectivity index (χ1) is 13.1. The lowest BCUT2D eigenvalue weighted by atomic mass is 10.1. The number of amides is 1. The number of rotatable bonds is 5. The summed E-state index contributed by atoms with van der Waals surface area (Å²) in [5, 5.41) is 2.72. The van der Waals surface area contributed by atoms with E-state index in [2.05, 4.69) is 10.2 Å². The van der Waals surface area contributed by atoms with Crippen molar-refractivity contribution < 1.29 is 23.5 Å². The zero-order valence-electron chi connectivity index (χ0n) is 15.4. The smallest absolute Gasteiger partial charge is 0.340 e. The molecule has 1 aliphatic rings. The van der Waals surface area contributed by atoms with Gasteiger partial charge in [0.1, 0.15) is 11.5 Å². The van der Waals surface area contributed by atoms with E-state index in [1.807, 2.05) is 19.1 Å². The van der Waals surface area contributed by atoms with Crippen molar-refractivity contribution in [2.45, 2.75) is 6.92 Å². The molecule has 1 aliphatic heterocycles. The molecule has 2 heterocycles. The van der Waals surface area contributed by atoms with Crippen LogP contribution < -0.4 is 10.2 Å². The van der Waals surface area contributed by atoms with Crippen molar-refractivity contribution in [1.29, 1.82) is 0 Å². The number of nitrogens with one attached hydrogen (secondary N) is 1. The summed E-state index contributed by atoms with van der Waals surface area (Å²) in [6.45, 7) is 4.61. The van der Waals surface area contributed by atoms with Crippen LogP contribution in [-0.2, 0) is 14.3 Å². The van der Waals surface area contributed by atoms with Crippen LogP contribution >= 0.6 is 0 Å². The third kappa shape index (κ3) is 4.77. The second-order valence-electron chi connectivity index (χ2n) is 6.09. The lowest BCUT2D eigenvalue weighted by Crippen LogP contribution is -2.36. The normalized spacial score (nSPS) is 14.4. The Bertz CT molecular complexity index is 850. The molecule has 0 spiro atoms. The molecule has 0 bridgehead atoms. The lowest BCUT2D eigenvalue weighted by molar-refractivity contribution is -0.111. The van der Waals surface area contributed by atoms with Gasteiger partial charge in [-0.25, -0.2) is 4.79 Å². The number of benzene rings is 1. The van der Waals surface area contributed by atoms with E-state index in [0.29, 0.717) is 30.2 Å². The van der Waals surface area contributed by atoms with E-state index in [4.69, 9.17) is 13.9 Å². The SMILES string of the molecule is COC(=O)c1cc(N2CCOCC2)ccc1NC(=O)/C=C/c1ccc(C)o1. The molecular weight excluding hydrogens is 348 g/mol. The number of anilines is 2. The molecule has 1 aromatic heterocycles. The fraction of sp³-hybridized carbons (Fsp3) is 0.300. The molecule has 27 heavy (non-hydrogen) atoms. The highest BCUT2D eigenvalue weighted by Gasteiger charge is 2.18. The highest BCUT2D eigenvalue weighted by molar-refractivity contribution is 6.06. The van der Waals surface area contributed by atoms with Crippen LogP contribution in [0.3, 0.4) is 0 Å². The van der Waals surface area contributed by atoms with E-state index in [-0.39, 0.29) is 5.91 Å². The maximum atomic E-state index is 12.2. The Morgan fingerprint density at radius 3 is 2.63 bits per heavy atom. The summed E-state index contributed by atoms with van der Waals surface area (Å²) in [5.74, 6) is 0.472. The number of furan rings is 1. The first-order valence-electron chi connectivity index (χ1n) is 8.67. The predicted molar refractivity (Wildman–Crippen MR) is 102 cm³/mol. The summed E-state index contributed by atoms with van der Waals surface area (Å²) in [7, 11) is 1.31. The van der Waals surface area contributed by atoms with Gasteiger partial charge >= 0.3 is 5.97 Å². The molecule has 0 radical (unpaired) electrons. The molecule has 7 heteroatoms. The maximum absolute atomic E-state index is 12.2. The highest BCUT2D eigenvalue weighted by Crippen LogP contribution is 2.25. The molecule has 7 nitrogen and oxygen atoms in total. The monoisotopic (exact) mass is 370 g/mol. The van der Waals surface area contributed by atoms with E-state index >= 15 is 0 Å². The minimum Gasteiger partial charge on any atom is -0.465 e.